The van der Waals surface area contributed by atoms with Gasteiger partial charge in [-0.25, -0.2) is 4.68 Å². The van der Waals surface area contributed by atoms with E-state index < -0.39 is 0 Å². The van der Waals surface area contributed by atoms with Crippen LogP contribution in [-0.4, -0.2) is 59.9 Å². The van der Waals surface area contributed by atoms with Gasteiger partial charge in [0.05, 0.1) is 38.7 Å². The van der Waals surface area contributed by atoms with Gasteiger partial charge < -0.3 is 14.6 Å². The van der Waals surface area contributed by atoms with E-state index in [1.807, 2.05) is 0 Å². The fourth-order valence-electron chi connectivity index (χ4n) is 1.39. The van der Waals surface area contributed by atoms with Crippen LogP contribution in [0.4, 0.5) is 0 Å². The predicted molar refractivity (Wildman–Crippen MR) is 58.9 cm³/mol. The third-order valence-electron chi connectivity index (χ3n) is 2.21. The number of aromatic nitrogens is 3. The maximum absolute atomic E-state index is 10.8. The molecule has 0 aliphatic carbocycles. The minimum atomic E-state index is -0.00647. The predicted octanol–water partition coefficient (Wildman–Crippen LogP) is -0.712. The van der Waals surface area contributed by atoms with Crippen LogP contribution in [0.25, 0.3) is 0 Å². The van der Waals surface area contributed by atoms with Crippen LogP contribution in [0.15, 0.2) is 0 Å². The zero-order valence-corrected chi connectivity index (χ0v) is 9.83. The summed E-state index contributed by atoms with van der Waals surface area (Å²) in [7, 11) is 1.60. The van der Waals surface area contributed by atoms with Crippen LogP contribution in [0.5, 0.6) is 0 Å². The third kappa shape index (κ3) is 4.22. The average molecular weight is 243 g/mol. The lowest BCUT2D eigenvalue weighted by atomic mass is 10.2. The molecule has 0 aliphatic rings. The second-order valence-corrected chi connectivity index (χ2v) is 3.34. The van der Waals surface area contributed by atoms with Crippen molar-refractivity contribution in [1.29, 1.82) is 0 Å². The number of aldehydes is 1. The molecule has 1 heterocycles. The van der Waals surface area contributed by atoms with E-state index in [0.717, 1.165) is 5.69 Å². The highest BCUT2D eigenvalue weighted by Crippen LogP contribution is 2.04. The normalized spacial score (nSPS) is 10.7. The fourth-order valence-corrected chi connectivity index (χ4v) is 1.39. The van der Waals surface area contributed by atoms with Crippen molar-refractivity contribution in [3.05, 3.63) is 11.4 Å². The minimum Gasteiger partial charge on any atom is -0.394 e. The van der Waals surface area contributed by atoms with Crippen LogP contribution < -0.4 is 0 Å². The van der Waals surface area contributed by atoms with Gasteiger partial charge in [-0.1, -0.05) is 5.21 Å². The summed E-state index contributed by atoms with van der Waals surface area (Å²) in [6.07, 6.45) is 1.26. The summed E-state index contributed by atoms with van der Waals surface area (Å²) in [6, 6.07) is 0. The molecule has 1 rings (SSSR count). The summed E-state index contributed by atoms with van der Waals surface area (Å²) in [6.45, 7) is 1.71. The van der Waals surface area contributed by atoms with Crippen LogP contribution in [0, 0.1) is 0 Å². The number of hydrogen-bond acceptors (Lipinski definition) is 6. The second kappa shape index (κ2) is 7.88. The highest BCUT2D eigenvalue weighted by atomic mass is 16.5. The molecular formula is C10H17N3O4. The Kier molecular flexibility index (Phi) is 6.38. The van der Waals surface area contributed by atoms with Gasteiger partial charge >= 0.3 is 0 Å². The fraction of sp³-hybridized carbons (Fsp3) is 0.700. The smallest absolute Gasteiger partial charge is 0.172 e. The van der Waals surface area contributed by atoms with E-state index in [9.17, 15) is 4.79 Å². The molecule has 0 fully saturated rings. The number of aliphatic hydroxyl groups excluding tert-OH is 1. The molecule has 0 atom stereocenters. The zero-order valence-electron chi connectivity index (χ0n) is 9.83. The monoisotopic (exact) mass is 243 g/mol. The first-order chi connectivity index (χ1) is 8.33. The summed E-state index contributed by atoms with van der Waals surface area (Å²) < 4.78 is 11.7. The van der Waals surface area contributed by atoms with Gasteiger partial charge in [-0.15, -0.1) is 5.10 Å². The molecule has 0 saturated heterocycles. The van der Waals surface area contributed by atoms with Crippen LogP contribution in [0.2, 0.25) is 0 Å². The van der Waals surface area contributed by atoms with Crippen molar-refractivity contribution >= 4 is 6.29 Å². The Morgan fingerprint density at radius 2 is 2.24 bits per heavy atom. The molecule has 0 saturated carbocycles. The highest BCUT2D eigenvalue weighted by Gasteiger charge is 2.11. The third-order valence-corrected chi connectivity index (χ3v) is 2.21. The van der Waals surface area contributed by atoms with Crippen molar-refractivity contribution in [2.75, 3.05) is 33.5 Å². The maximum atomic E-state index is 10.8. The maximum Gasteiger partial charge on any atom is 0.172 e. The van der Waals surface area contributed by atoms with Crippen LogP contribution in [-0.2, 0) is 22.4 Å². The average Bonchev–Trinajstić information content (AvgIpc) is 2.74. The van der Waals surface area contributed by atoms with Gasteiger partial charge in [0.15, 0.2) is 6.29 Å². The van der Waals surface area contributed by atoms with Gasteiger partial charge in [0.25, 0.3) is 0 Å². The largest absolute Gasteiger partial charge is 0.394 e. The molecule has 1 N–H and O–H groups in total. The van der Waals surface area contributed by atoms with Gasteiger partial charge in [0.1, 0.15) is 5.69 Å². The summed E-state index contributed by atoms with van der Waals surface area (Å²) >= 11 is 0. The summed E-state index contributed by atoms with van der Waals surface area (Å²) in [4.78, 5) is 10.8. The highest BCUT2D eigenvalue weighted by molar-refractivity contribution is 5.73. The number of rotatable bonds is 9. The number of methoxy groups -OCH3 is 1. The van der Waals surface area contributed by atoms with E-state index in [1.54, 1.807) is 11.8 Å². The molecule has 7 heteroatoms. The topological polar surface area (TPSA) is 86.5 Å². The van der Waals surface area contributed by atoms with Crippen molar-refractivity contribution in [2.45, 2.75) is 13.0 Å². The van der Waals surface area contributed by atoms with Gasteiger partial charge in [-0.2, -0.15) is 0 Å². The molecule has 0 spiro atoms. The van der Waals surface area contributed by atoms with Gasteiger partial charge in [-0.3, -0.25) is 4.79 Å². The number of ether oxygens (including phenoxy) is 2. The van der Waals surface area contributed by atoms with E-state index in [1.165, 1.54) is 0 Å². The second-order valence-electron chi connectivity index (χ2n) is 3.34. The van der Waals surface area contributed by atoms with E-state index >= 15 is 0 Å². The first-order valence-electron chi connectivity index (χ1n) is 5.38. The number of carbonyl (C=O) groups is 1. The minimum absolute atomic E-state index is 0.00647. The molecule has 0 aromatic carbocycles. The molecule has 0 radical (unpaired) electrons. The standard InChI is InChI=1S/C10H17N3O4/c1-16-5-2-10-9(8-15)11-12-13(10)3-6-17-7-4-14/h8,14H,2-7H2,1H3. The Labute approximate surface area is 99.3 Å². The van der Waals surface area contributed by atoms with Crippen LogP contribution in [0.1, 0.15) is 16.2 Å². The lowest BCUT2D eigenvalue weighted by Crippen LogP contribution is -2.13. The number of hydrogen-bond donors (Lipinski definition) is 1. The van der Waals surface area contributed by atoms with Crippen molar-refractivity contribution < 1.29 is 19.4 Å². The van der Waals surface area contributed by atoms with E-state index in [0.29, 0.717) is 44.8 Å². The molecule has 1 aromatic rings. The SMILES string of the molecule is COCCc1c(C=O)nnn1CCOCCO. The van der Waals surface area contributed by atoms with Crippen molar-refractivity contribution in [2.24, 2.45) is 0 Å². The Morgan fingerprint density at radius 3 is 2.88 bits per heavy atom. The molecular weight excluding hydrogens is 226 g/mol. The molecule has 7 nitrogen and oxygen atoms in total. The Balaban J connectivity index is 2.56. The van der Waals surface area contributed by atoms with Crippen molar-refractivity contribution in [1.82, 2.24) is 15.0 Å². The lowest BCUT2D eigenvalue weighted by molar-refractivity contribution is 0.0844. The lowest BCUT2D eigenvalue weighted by Gasteiger charge is -2.06. The molecule has 0 bridgehead atoms. The summed E-state index contributed by atoms with van der Waals surface area (Å²) in [5, 5.41) is 16.2. The summed E-state index contributed by atoms with van der Waals surface area (Å²) in [5.74, 6) is 0. The van der Waals surface area contributed by atoms with Gasteiger partial charge in [-0.05, 0) is 0 Å². The van der Waals surface area contributed by atoms with E-state index in [4.69, 9.17) is 14.6 Å². The molecule has 17 heavy (non-hydrogen) atoms. The van der Waals surface area contributed by atoms with Gasteiger partial charge in [0.2, 0.25) is 0 Å². The first kappa shape index (κ1) is 13.8. The van der Waals surface area contributed by atoms with E-state index in [2.05, 4.69) is 10.3 Å². The molecule has 0 aliphatic heterocycles. The molecule has 0 unspecified atom stereocenters. The number of carbonyl (C=O) groups excluding carboxylic acids is 1. The zero-order chi connectivity index (χ0) is 12.5. The first-order valence-corrected chi connectivity index (χ1v) is 5.38. The Hall–Kier alpha value is -1.31. The van der Waals surface area contributed by atoms with Gasteiger partial charge in [0, 0.05) is 13.5 Å². The quantitative estimate of drug-likeness (QED) is 0.455. The van der Waals surface area contributed by atoms with E-state index in [-0.39, 0.29) is 6.61 Å². The summed E-state index contributed by atoms with van der Waals surface area (Å²) in [5.41, 5.74) is 1.08. The number of nitrogens with zero attached hydrogens (tertiary/aromatic N) is 3. The van der Waals surface area contributed by atoms with Crippen LogP contribution >= 0.6 is 0 Å². The Morgan fingerprint density at radius 1 is 1.41 bits per heavy atom. The molecule has 1 aromatic heterocycles. The van der Waals surface area contributed by atoms with Crippen molar-refractivity contribution in [3.8, 4) is 0 Å². The number of aliphatic hydroxyl groups is 1. The molecule has 0 amide bonds. The Bertz CT molecular complexity index is 340. The van der Waals surface area contributed by atoms with Crippen molar-refractivity contribution in [3.63, 3.8) is 0 Å². The van der Waals surface area contributed by atoms with Crippen LogP contribution in [0.3, 0.4) is 0 Å². The molecule has 96 valence electrons.